The van der Waals surface area contributed by atoms with E-state index >= 15 is 0 Å². The second kappa shape index (κ2) is 7.83. The quantitative estimate of drug-likeness (QED) is 0.735. The molecule has 0 unspecified atom stereocenters. The van der Waals surface area contributed by atoms with Crippen molar-refractivity contribution in [2.45, 2.75) is 11.4 Å². The number of halogens is 3. The zero-order chi connectivity index (χ0) is 19.5. The number of hydrogen-bond donors (Lipinski definition) is 1. The van der Waals surface area contributed by atoms with Gasteiger partial charge in [0.25, 0.3) is 0 Å². The van der Waals surface area contributed by atoms with Gasteiger partial charge < -0.3 is 14.2 Å². The summed E-state index contributed by atoms with van der Waals surface area (Å²) >= 11 is 0. The fourth-order valence-corrected chi connectivity index (χ4v) is 3.29. The number of rotatable bonds is 7. The lowest BCUT2D eigenvalue weighted by atomic mass is 10.2. The van der Waals surface area contributed by atoms with Crippen molar-refractivity contribution in [1.82, 2.24) is 4.72 Å². The first kappa shape index (κ1) is 19.9. The summed E-state index contributed by atoms with van der Waals surface area (Å²) in [7, 11) is -0.235. The zero-order valence-corrected chi connectivity index (χ0v) is 14.9. The van der Waals surface area contributed by atoms with Crippen LogP contribution in [0.5, 0.6) is 17.2 Å². The van der Waals surface area contributed by atoms with Crippen LogP contribution in [0.15, 0.2) is 29.2 Å². The lowest BCUT2D eigenvalue weighted by Crippen LogP contribution is -2.24. The molecule has 0 aromatic heterocycles. The SMILES string of the molecule is COc1cc(CNS(=O)(=O)c2ccc(F)c(F)c2F)cc(OC)c1OC. The van der Waals surface area contributed by atoms with E-state index in [0.717, 1.165) is 0 Å². The van der Waals surface area contributed by atoms with E-state index in [0.29, 0.717) is 34.9 Å². The molecule has 0 heterocycles. The molecule has 0 fully saturated rings. The molecule has 0 radical (unpaired) electrons. The van der Waals surface area contributed by atoms with Crippen molar-refractivity contribution in [2.24, 2.45) is 0 Å². The van der Waals surface area contributed by atoms with Gasteiger partial charge in [-0.1, -0.05) is 0 Å². The molecule has 0 bridgehead atoms. The Morgan fingerprint density at radius 3 is 2.00 bits per heavy atom. The molecule has 0 saturated heterocycles. The zero-order valence-electron chi connectivity index (χ0n) is 14.1. The van der Waals surface area contributed by atoms with E-state index in [9.17, 15) is 21.6 Å². The molecular formula is C16H16F3NO5S. The molecule has 2 aromatic carbocycles. The number of nitrogens with one attached hydrogen (secondary N) is 1. The summed E-state index contributed by atoms with van der Waals surface area (Å²) in [6.07, 6.45) is 0. The minimum Gasteiger partial charge on any atom is -0.493 e. The van der Waals surface area contributed by atoms with Gasteiger partial charge in [-0.3, -0.25) is 0 Å². The van der Waals surface area contributed by atoms with Gasteiger partial charge >= 0.3 is 0 Å². The van der Waals surface area contributed by atoms with Crippen LogP contribution < -0.4 is 18.9 Å². The summed E-state index contributed by atoms with van der Waals surface area (Å²) in [5.41, 5.74) is 0.408. The first-order valence-corrected chi connectivity index (χ1v) is 8.65. The highest BCUT2D eigenvalue weighted by atomic mass is 32.2. The van der Waals surface area contributed by atoms with Crippen LogP contribution in [0.25, 0.3) is 0 Å². The van der Waals surface area contributed by atoms with Gasteiger partial charge in [0.05, 0.1) is 21.3 Å². The standard InChI is InChI=1S/C16H16F3NO5S/c1-23-11-6-9(7-12(24-2)16(11)25-3)8-20-26(21,22)13-5-4-10(17)14(18)15(13)19/h4-7,20H,8H2,1-3H3. The molecule has 26 heavy (non-hydrogen) atoms. The van der Waals surface area contributed by atoms with Gasteiger partial charge in [-0.05, 0) is 29.8 Å². The summed E-state index contributed by atoms with van der Waals surface area (Å²) in [5, 5.41) is 0. The van der Waals surface area contributed by atoms with Crippen LogP contribution in [0.4, 0.5) is 13.2 Å². The highest BCUT2D eigenvalue weighted by Gasteiger charge is 2.24. The van der Waals surface area contributed by atoms with E-state index in [1.165, 1.54) is 33.5 Å². The highest BCUT2D eigenvalue weighted by molar-refractivity contribution is 7.89. The van der Waals surface area contributed by atoms with Crippen molar-refractivity contribution >= 4 is 10.0 Å². The van der Waals surface area contributed by atoms with Crippen molar-refractivity contribution in [3.8, 4) is 17.2 Å². The molecule has 10 heteroatoms. The molecule has 0 aliphatic heterocycles. The highest BCUT2D eigenvalue weighted by Crippen LogP contribution is 2.38. The Bertz CT molecular complexity index is 893. The van der Waals surface area contributed by atoms with Crippen LogP contribution in [-0.2, 0) is 16.6 Å². The van der Waals surface area contributed by atoms with Gasteiger partial charge in [0, 0.05) is 6.54 Å². The lowest BCUT2D eigenvalue weighted by Gasteiger charge is -2.14. The number of ether oxygens (including phenoxy) is 3. The Balaban J connectivity index is 2.32. The summed E-state index contributed by atoms with van der Waals surface area (Å²) in [4.78, 5) is -0.996. The molecule has 2 aromatic rings. The van der Waals surface area contributed by atoms with Crippen LogP contribution in [0.2, 0.25) is 0 Å². The molecule has 0 atom stereocenters. The molecule has 1 N–H and O–H groups in total. The smallest absolute Gasteiger partial charge is 0.243 e. The predicted octanol–water partition coefficient (Wildman–Crippen LogP) is 2.61. The Labute approximate surface area is 148 Å². The Morgan fingerprint density at radius 2 is 1.50 bits per heavy atom. The maximum atomic E-state index is 13.7. The number of benzene rings is 2. The molecule has 0 amide bonds. The summed E-state index contributed by atoms with van der Waals surface area (Å²) in [6.45, 7) is -0.280. The van der Waals surface area contributed by atoms with Crippen LogP contribution in [0.1, 0.15) is 5.56 Å². The second-order valence-electron chi connectivity index (χ2n) is 5.03. The van der Waals surface area contributed by atoms with E-state index in [4.69, 9.17) is 14.2 Å². The van der Waals surface area contributed by atoms with Crippen LogP contribution in [0.3, 0.4) is 0 Å². The second-order valence-corrected chi connectivity index (χ2v) is 6.77. The third kappa shape index (κ3) is 3.86. The fraction of sp³-hybridized carbons (Fsp3) is 0.250. The number of hydrogen-bond acceptors (Lipinski definition) is 5. The van der Waals surface area contributed by atoms with Crippen molar-refractivity contribution in [3.05, 3.63) is 47.3 Å². The maximum absolute atomic E-state index is 13.7. The molecule has 0 aliphatic carbocycles. The van der Waals surface area contributed by atoms with Crippen LogP contribution >= 0.6 is 0 Å². The van der Waals surface area contributed by atoms with Crippen molar-refractivity contribution in [1.29, 1.82) is 0 Å². The maximum Gasteiger partial charge on any atom is 0.243 e. The van der Waals surface area contributed by atoms with Crippen LogP contribution in [0, 0.1) is 17.5 Å². The van der Waals surface area contributed by atoms with E-state index in [-0.39, 0.29) is 6.54 Å². The third-order valence-corrected chi connectivity index (χ3v) is 4.90. The van der Waals surface area contributed by atoms with Gasteiger partial charge in [0.1, 0.15) is 4.90 Å². The fourth-order valence-electron chi connectivity index (χ4n) is 2.21. The summed E-state index contributed by atoms with van der Waals surface area (Å²) in [5.74, 6) is -4.23. The van der Waals surface area contributed by atoms with Crippen molar-refractivity contribution in [2.75, 3.05) is 21.3 Å². The van der Waals surface area contributed by atoms with E-state index in [1.54, 1.807) is 0 Å². The Hall–Kier alpha value is -2.46. The molecule has 2 rings (SSSR count). The summed E-state index contributed by atoms with van der Waals surface area (Å²) < 4.78 is 81.9. The predicted molar refractivity (Wildman–Crippen MR) is 86.4 cm³/mol. The minimum absolute atomic E-state index is 0.280. The van der Waals surface area contributed by atoms with Gasteiger partial charge in [0.15, 0.2) is 29.0 Å². The number of methoxy groups -OCH3 is 3. The lowest BCUT2D eigenvalue weighted by molar-refractivity contribution is 0.323. The van der Waals surface area contributed by atoms with E-state index in [2.05, 4.69) is 4.72 Å². The molecule has 142 valence electrons. The number of sulfonamides is 1. The van der Waals surface area contributed by atoms with Gasteiger partial charge in [-0.25, -0.2) is 26.3 Å². The molecule has 0 saturated carbocycles. The average molecular weight is 391 g/mol. The van der Waals surface area contributed by atoms with E-state index in [1.807, 2.05) is 0 Å². The van der Waals surface area contributed by atoms with Gasteiger partial charge in [-0.2, -0.15) is 0 Å². The Kier molecular flexibility index (Phi) is 5.98. The molecule has 0 spiro atoms. The largest absolute Gasteiger partial charge is 0.493 e. The average Bonchev–Trinajstić information content (AvgIpc) is 2.63. The molecule has 6 nitrogen and oxygen atoms in total. The van der Waals surface area contributed by atoms with Crippen molar-refractivity contribution in [3.63, 3.8) is 0 Å². The van der Waals surface area contributed by atoms with E-state index < -0.39 is 32.4 Å². The molecule has 0 aliphatic rings. The monoisotopic (exact) mass is 391 g/mol. The summed E-state index contributed by atoms with van der Waals surface area (Å²) in [6, 6.07) is 4.16. The van der Waals surface area contributed by atoms with Crippen LogP contribution in [-0.4, -0.2) is 29.7 Å². The topological polar surface area (TPSA) is 73.9 Å². The first-order valence-electron chi connectivity index (χ1n) is 7.17. The molecular weight excluding hydrogens is 375 g/mol. The first-order chi connectivity index (χ1) is 12.2. The van der Waals surface area contributed by atoms with Gasteiger partial charge in [0.2, 0.25) is 15.8 Å². The van der Waals surface area contributed by atoms with Crippen molar-refractivity contribution < 1.29 is 35.8 Å². The normalized spacial score (nSPS) is 11.3. The van der Waals surface area contributed by atoms with Gasteiger partial charge in [-0.15, -0.1) is 0 Å². The minimum atomic E-state index is -4.43. The third-order valence-electron chi connectivity index (χ3n) is 3.48. The Morgan fingerprint density at radius 1 is 0.923 bits per heavy atom.